The van der Waals surface area contributed by atoms with Crippen molar-refractivity contribution < 1.29 is 14.1 Å². The lowest BCUT2D eigenvalue weighted by atomic mass is 10.2. The van der Waals surface area contributed by atoms with Crippen molar-refractivity contribution in [1.29, 1.82) is 0 Å². The number of methoxy groups -OCH3 is 1. The van der Waals surface area contributed by atoms with Gasteiger partial charge in [0, 0.05) is 33.0 Å². The van der Waals surface area contributed by atoms with Gasteiger partial charge in [-0.2, -0.15) is 5.10 Å². The van der Waals surface area contributed by atoms with Crippen molar-refractivity contribution >= 4 is 6.03 Å². The Morgan fingerprint density at radius 1 is 1.52 bits per heavy atom. The Kier molecular flexibility index (Phi) is 5.38. The zero-order valence-electron chi connectivity index (χ0n) is 14.2. The van der Waals surface area contributed by atoms with Gasteiger partial charge < -0.3 is 19.5 Å². The van der Waals surface area contributed by atoms with E-state index >= 15 is 0 Å². The molecule has 23 heavy (non-hydrogen) atoms. The Hall–Kier alpha value is -2.35. The third-order valence-corrected chi connectivity index (χ3v) is 3.77. The van der Waals surface area contributed by atoms with Crippen LogP contribution in [0.2, 0.25) is 0 Å². The smallest absolute Gasteiger partial charge is 0.318 e. The predicted molar refractivity (Wildman–Crippen MR) is 83.8 cm³/mol. The summed E-state index contributed by atoms with van der Waals surface area (Å²) in [7, 11) is 5.16. The van der Waals surface area contributed by atoms with Crippen LogP contribution in [-0.4, -0.2) is 46.6 Å². The van der Waals surface area contributed by atoms with Crippen molar-refractivity contribution in [2.75, 3.05) is 20.8 Å². The van der Waals surface area contributed by atoms with Gasteiger partial charge in [-0.3, -0.25) is 4.68 Å². The van der Waals surface area contributed by atoms with Gasteiger partial charge in [0.25, 0.3) is 0 Å². The van der Waals surface area contributed by atoms with E-state index in [2.05, 4.69) is 15.6 Å². The number of aryl methyl sites for hydroxylation is 3. The highest BCUT2D eigenvalue weighted by Crippen LogP contribution is 2.16. The summed E-state index contributed by atoms with van der Waals surface area (Å²) in [6, 6.07) is 1.39. The average Bonchev–Trinajstić information content (AvgIpc) is 3.07. The number of urea groups is 1. The van der Waals surface area contributed by atoms with E-state index in [1.165, 1.54) is 0 Å². The molecule has 2 rings (SSSR count). The molecule has 0 aromatic carbocycles. The SMILES string of the molecule is COC[C@H](NC(=O)N(C)Cc1c(C)noc1C)c1ccnn1C. The third-order valence-electron chi connectivity index (χ3n) is 3.77. The fraction of sp³-hybridized carbons (Fsp3) is 0.533. The van der Waals surface area contributed by atoms with Crippen molar-refractivity contribution in [1.82, 2.24) is 25.2 Å². The third kappa shape index (κ3) is 3.89. The van der Waals surface area contributed by atoms with E-state index < -0.39 is 0 Å². The summed E-state index contributed by atoms with van der Waals surface area (Å²) in [6.07, 6.45) is 1.69. The monoisotopic (exact) mass is 321 g/mol. The van der Waals surface area contributed by atoms with Crippen molar-refractivity contribution in [3.05, 3.63) is 35.0 Å². The molecule has 0 spiro atoms. The minimum atomic E-state index is -0.271. The Morgan fingerprint density at radius 3 is 2.78 bits per heavy atom. The Labute approximate surface area is 135 Å². The molecular formula is C15H23N5O3. The molecule has 0 saturated carbocycles. The van der Waals surface area contributed by atoms with Gasteiger partial charge in [-0.25, -0.2) is 4.79 Å². The Bertz CT molecular complexity index is 644. The standard InChI is InChI=1S/C15H23N5O3/c1-10-12(11(2)23-18-10)8-19(3)15(21)17-13(9-22-5)14-6-7-16-20(14)4/h6-7,13H,8-9H2,1-5H3,(H,17,21)/t13-/m0/s1. The lowest BCUT2D eigenvalue weighted by Crippen LogP contribution is -2.41. The Morgan fingerprint density at radius 2 is 2.26 bits per heavy atom. The molecule has 0 radical (unpaired) electrons. The first-order valence-corrected chi connectivity index (χ1v) is 7.34. The van der Waals surface area contributed by atoms with Gasteiger partial charge in [0.05, 0.1) is 30.6 Å². The van der Waals surface area contributed by atoms with E-state index in [1.807, 2.05) is 27.0 Å². The fourth-order valence-corrected chi connectivity index (χ4v) is 2.39. The molecule has 0 aliphatic carbocycles. The summed E-state index contributed by atoms with van der Waals surface area (Å²) in [5.41, 5.74) is 2.60. The van der Waals surface area contributed by atoms with Crippen LogP contribution >= 0.6 is 0 Å². The molecule has 2 heterocycles. The summed E-state index contributed by atoms with van der Waals surface area (Å²) >= 11 is 0. The number of hydrogen-bond acceptors (Lipinski definition) is 5. The normalized spacial score (nSPS) is 12.2. The van der Waals surface area contributed by atoms with Crippen LogP contribution in [0.5, 0.6) is 0 Å². The molecule has 0 aliphatic heterocycles. The average molecular weight is 321 g/mol. The molecule has 0 unspecified atom stereocenters. The highest BCUT2D eigenvalue weighted by Gasteiger charge is 2.21. The summed E-state index contributed by atoms with van der Waals surface area (Å²) < 4.78 is 12.1. The number of rotatable bonds is 6. The number of amides is 2. The van der Waals surface area contributed by atoms with E-state index in [0.29, 0.717) is 13.2 Å². The maximum atomic E-state index is 12.5. The number of nitrogens with one attached hydrogen (secondary N) is 1. The first kappa shape index (κ1) is 17.0. The molecule has 0 fully saturated rings. The van der Waals surface area contributed by atoms with Crippen LogP contribution < -0.4 is 5.32 Å². The quantitative estimate of drug-likeness (QED) is 0.872. The van der Waals surface area contributed by atoms with Gasteiger partial charge in [-0.15, -0.1) is 0 Å². The molecule has 2 amide bonds. The van der Waals surface area contributed by atoms with E-state index in [0.717, 1.165) is 22.7 Å². The molecule has 0 aliphatic rings. The largest absolute Gasteiger partial charge is 0.382 e. The summed E-state index contributed by atoms with van der Waals surface area (Å²) in [6.45, 7) is 4.49. The molecule has 0 bridgehead atoms. The van der Waals surface area contributed by atoms with Crippen LogP contribution in [-0.2, 0) is 18.3 Å². The topological polar surface area (TPSA) is 85.4 Å². The number of carbonyl (C=O) groups excluding carboxylic acids is 1. The zero-order valence-corrected chi connectivity index (χ0v) is 14.2. The van der Waals surface area contributed by atoms with E-state index in [9.17, 15) is 4.79 Å². The summed E-state index contributed by atoms with van der Waals surface area (Å²) in [4.78, 5) is 14.1. The number of nitrogens with zero attached hydrogens (tertiary/aromatic N) is 4. The molecule has 1 N–H and O–H groups in total. The van der Waals surface area contributed by atoms with Gasteiger partial charge >= 0.3 is 6.03 Å². The lowest BCUT2D eigenvalue weighted by molar-refractivity contribution is 0.154. The van der Waals surface area contributed by atoms with Crippen LogP contribution in [0.4, 0.5) is 4.79 Å². The van der Waals surface area contributed by atoms with Crippen LogP contribution in [0.25, 0.3) is 0 Å². The maximum Gasteiger partial charge on any atom is 0.318 e. The molecule has 1 atom stereocenters. The predicted octanol–water partition coefficient (Wildman–Crippen LogP) is 1.55. The van der Waals surface area contributed by atoms with Crippen LogP contribution in [0.15, 0.2) is 16.8 Å². The minimum Gasteiger partial charge on any atom is -0.382 e. The van der Waals surface area contributed by atoms with Gasteiger partial charge in [0.15, 0.2) is 0 Å². The van der Waals surface area contributed by atoms with E-state index in [-0.39, 0.29) is 12.1 Å². The lowest BCUT2D eigenvalue weighted by Gasteiger charge is -2.23. The molecule has 2 aromatic heterocycles. The van der Waals surface area contributed by atoms with Crippen molar-refractivity contribution in [2.24, 2.45) is 7.05 Å². The molecule has 0 saturated heterocycles. The number of carbonyl (C=O) groups is 1. The summed E-state index contributed by atoms with van der Waals surface area (Å²) in [5, 5.41) is 11.0. The second kappa shape index (κ2) is 7.28. The molecular weight excluding hydrogens is 298 g/mol. The maximum absolute atomic E-state index is 12.5. The highest BCUT2D eigenvalue weighted by molar-refractivity contribution is 5.74. The van der Waals surface area contributed by atoms with Crippen molar-refractivity contribution in [3.63, 3.8) is 0 Å². The van der Waals surface area contributed by atoms with E-state index in [1.54, 1.807) is 29.9 Å². The highest BCUT2D eigenvalue weighted by atomic mass is 16.5. The molecule has 2 aromatic rings. The summed E-state index contributed by atoms with van der Waals surface area (Å²) in [5.74, 6) is 0.724. The first-order chi connectivity index (χ1) is 10.9. The number of ether oxygens (including phenoxy) is 1. The van der Waals surface area contributed by atoms with Gasteiger partial charge in [0.2, 0.25) is 0 Å². The number of aromatic nitrogens is 3. The first-order valence-electron chi connectivity index (χ1n) is 7.34. The van der Waals surface area contributed by atoms with Crippen LogP contribution in [0.1, 0.15) is 28.8 Å². The van der Waals surface area contributed by atoms with Gasteiger partial charge in [0.1, 0.15) is 5.76 Å². The van der Waals surface area contributed by atoms with Gasteiger partial charge in [-0.05, 0) is 19.9 Å². The molecule has 126 valence electrons. The van der Waals surface area contributed by atoms with Crippen molar-refractivity contribution in [2.45, 2.75) is 26.4 Å². The minimum absolute atomic E-state index is 0.201. The zero-order chi connectivity index (χ0) is 17.0. The fourth-order valence-electron chi connectivity index (χ4n) is 2.39. The van der Waals surface area contributed by atoms with E-state index in [4.69, 9.17) is 9.26 Å². The van der Waals surface area contributed by atoms with Crippen LogP contribution in [0, 0.1) is 13.8 Å². The molecule has 8 nitrogen and oxygen atoms in total. The van der Waals surface area contributed by atoms with Gasteiger partial charge in [-0.1, -0.05) is 5.16 Å². The molecule has 8 heteroatoms. The van der Waals surface area contributed by atoms with Crippen molar-refractivity contribution in [3.8, 4) is 0 Å². The second-order valence-corrected chi connectivity index (χ2v) is 5.50. The number of hydrogen-bond donors (Lipinski definition) is 1. The second-order valence-electron chi connectivity index (χ2n) is 5.50. The van der Waals surface area contributed by atoms with Crippen LogP contribution in [0.3, 0.4) is 0 Å². The Balaban J connectivity index is 2.05.